The number of ether oxygens (including phenoxy) is 1. The van der Waals surface area contributed by atoms with Gasteiger partial charge in [0.05, 0.1) is 19.1 Å². The van der Waals surface area contributed by atoms with E-state index in [2.05, 4.69) is 15.0 Å². The second-order valence-corrected chi connectivity index (χ2v) is 7.93. The normalized spacial score (nSPS) is 14.0. The number of aryl methyl sites for hydroxylation is 1. The summed E-state index contributed by atoms with van der Waals surface area (Å²) in [6.07, 6.45) is 1.43. The molecule has 0 saturated carbocycles. The van der Waals surface area contributed by atoms with E-state index < -0.39 is 0 Å². The Labute approximate surface area is 190 Å². The fourth-order valence-electron chi connectivity index (χ4n) is 4.10. The van der Waals surface area contributed by atoms with E-state index in [0.717, 1.165) is 11.4 Å². The number of methoxy groups -OCH3 is 1. The van der Waals surface area contributed by atoms with Crippen molar-refractivity contribution >= 4 is 22.6 Å². The Hall–Kier alpha value is -4.14. The molecular formula is C24H24N6O3. The third-order valence-electron chi connectivity index (χ3n) is 5.95. The van der Waals surface area contributed by atoms with Gasteiger partial charge in [-0.3, -0.25) is 9.59 Å². The van der Waals surface area contributed by atoms with Crippen molar-refractivity contribution in [2.45, 2.75) is 0 Å². The molecule has 1 aliphatic rings. The Morgan fingerprint density at radius 2 is 1.64 bits per heavy atom. The van der Waals surface area contributed by atoms with Gasteiger partial charge >= 0.3 is 0 Å². The number of fused-ring (bicyclic) bond motifs is 1. The first-order valence-electron chi connectivity index (χ1n) is 10.7. The summed E-state index contributed by atoms with van der Waals surface area (Å²) in [6, 6.07) is 17.2. The van der Waals surface area contributed by atoms with Gasteiger partial charge in [0.15, 0.2) is 11.2 Å². The van der Waals surface area contributed by atoms with Gasteiger partial charge in [0.2, 0.25) is 0 Å². The number of carbonyl (C=O) groups excluding carboxylic acids is 1. The summed E-state index contributed by atoms with van der Waals surface area (Å²) in [5.41, 5.74) is 2.36. The first-order chi connectivity index (χ1) is 16.1. The van der Waals surface area contributed by atoms with Gasteiger partial charge in [0, 0.05) is 38.9 Å². The predicted octanol–water partition coefficient (Wildman–Crippen LogP) is 2.09. The lowest BCUT2D eigenvalue weighted by Gasteiger charge is -2.35. The lowest BCUT2D eigenvalue weighted by Crippen LogP contribution is -2.49. The number of rotatable bonds is 4. The van der Waals surface area contributed by atoms with Crippen molar-refractivity contribution in [2.75, 3.05) is 38.2 Å². The van der Waals surface area contributed by atoms with Gasteiger partial charge in [0.25, 0.3) is 11.5 Å². The highest BCUT2D eigenvalue weighted by atomic mass is 16.5. The molecule has 0 aliphatic carbocycles. The van der Waals surface area contributed by atoms with Crippen molar-refractivity contribution in [3.05, 3.63) is 77.0 Å². The van der Waals surface area contributed by atoms with Crippen LogP contribution < -0.4 is 15.2 Å². The molecule has 1 amide bonds. The second kappa shape index (κ2) is 8.42. The van der Waals surface area contributed by atoms with Crippen molar-refractivity contribution in [3.8, 4) is 11.4 Å². The van der Waals surface area contributed by atoms with Crippen molar-refractivity contribution in [2.24, 2.45) is 7.05 Å². The fraction of sp³-hybridized carbons (Fsp3) is 0.250. The van der Waals surface area contributed by atoms with Gasteiger partial charge in [-0.15, -0.1) is 0 Å². The lowest BCUT2D eigenvalue weighted by atomic mass is 10.2. The molecule has 9 heteroatoms. The maximum absolute atomic E-state index is 13.4. The van der Waals surface area contributed by atoms with E-state index in [1.165, 1.54) is 15.6 Å². The van der Waals surface area contributed by atoms with Gasteiger partial charge in [-0.1, -0.05) is 18.2 Å². The van der Waals surface area contributed by atoms with E-state index in [0.29, 0.717) is 42.9 Å². The molecule has 0 radical (unpaired) electrons. The maximum Gasteiger partial charge on any atom is 0.279 e. The third-order valence-corrected chi connectivity index (χ3v) is 5.95. The average Bonchev–Trinajstić information content (AvgIpc) is 3.27. The van der Waals surface area contributed by atoms with Gasteiger partial charge in [-0.25, -0.2) is 9.67 Å². The van der Waals surface area contributed by atoms with E-state index in [1.807, 2.05) is 54.6 Å². The van der Waals surface area contributed by atoms with Crippen molar-refractivity contribution in [3.63, 3.8) is 0 Å². The standard InChI is InChI=1S/C24H24N6O3/c1-27-16-25-20-21(26-30(22(20)24(27)32)18-6-4-3-5-7-18)23(31)29-14-12-28(13-15-29)17-8-10-19(33-2)11-9-17/h3-11,16H,12-15H2,1-2H3. The highest BCUT2D eigenvalue weighted by Crippen LogP contribution is 2.23. The van der Waals surface area contributed by atoms with E-state index in [9.17, 15) is 9.59 Å². The molecule has 1 fully saturated rings. The molecule has 4 aromatic rings. The predicted molar refractivity (Wildman–Crippen MR) is 125 cm³/mol. The molecule has 0 N–H and O–H groups in total. The molecule has 0 atom stereocenters. The van der Waals surface area contributed by atoms with Crippen LogP contribution in [0.25, 0.3) is 16.7 Å². The van der Waals surface area contributed by atoms with Crippen LogP contribution in [-0.4, -0.2) is 63.4 Å². The van der Waals surface area contributed by atoms with Gasteiger partial charge in [-0.05, 0) is 36.4 Å². The van der Waals surface area contributed by atoms with Gasteiger partial charge < -0.3 is 19.1 Å². The Morgan fingerprint density at radius 1 is 0.939 bits per heavy atom. The number of para-hydroxylation sites is 1. The number of carbonyl (C=O) groups is 1. The molecule has 168 valence electrons. The minimum absolute atomic E-state index is 0.199. The van der Waals surface area contributed by atoms with Crippen LogP contribution in [0.1, 0.15) is 10.5 Å². The number of nitrogens with zero attached hydrogens (tertiary/aromatic N) is 6. The summed E-state index contributed by atoms with van der Waals surface area (Å²) in [7, 11) is 3.28. The number of hydrogen-bond donors (Lipinski definition) is 0. The number of amides is 1. The van der Waals surface area contributed by atoms with E-state index >= 15 is 0 Å². The second-order valence-electron chi connectivity index (χ2n) is 7.93. The van der Waals surface area contributed by atoms with Crippen molar-refractivity contribution in [1.29, 1.82) is 0 Å². The molecule has 2 aromatic carbocycles. The monoisotopic (exact) mass is 444 g/mol. The zero-order valence-corrected chi connectivity index (χ0v) is 18.5. The minimum Gasteiger partial charge on any atom is -0.497 e. The van der Waals surface area contributed by atoms with E-state index in [-0.39, 0.29) is 17.2 Å². The Balaban J connectivity index is 1.43. The molecule has 5 rings (SSSR count). The Morgan fingerprint density at radius 3 is 2.30 bits per heavy atom. The smallest absolute Gasteiger partial charge is 0.279 e. The summed E-state index contributed by atoms with van der Waals surface area (Å²) in [5.74, 6) is 0.594. The summed E-state index contributed by atoms with van der Waals surface area (Å²) < 4.78 is 8.14. The average molecular weight is 444 g/mol. The van der Waals surface area contributed by atoms with Crippen LogP contribution in [-0.2, 0) is 7.05 Å². The van der Waals surface area contributed by atoms with Crippen LogP contribution in [0.5, 0.6) is 5.75 Å². The summed E-state index contributed by atoms with van der Waals surface area (Å²) in [6.45, 7) is 2.50. The third kappa shape index (κ3) is 3.71. The summed E-state index contributed by atoms with van der Waals surface area (Å²) >= 11 is 0. The summed E-state index contributed by atoms with van der Waals surface area (Å²) in [5, 5.41) is 4.56. The highest BCUT2D eigenvalue weighted by Gasteiger charge is 2.28. The van der Waals surface area contributed by atoms with Crippen LogP contribution >= 0.6 is 0 Å². The van der Waals surface area contributed by atoms with Crippen LogP contribution in [0.3, 0.4) is 0 Å². The number of piperazine rings is 1. The van der Waals surface area contributed by atoms with Crippen LogP contribution in [0.2, 0.25) is 0 Å². The first-order valence-corrected chi connectivity index (χ1v) is 10.7. The number of aromatic nitrogens is 4. The fourth-order valence-corrected chi connectivity index (χ4v) is 4.10. The largest absolute Gasteiger partial charge is 0.497 e. The van der Waals surface area contributed by atoms with E-state index in [1.54, 1.807) is 19.1 Å². The topological polar surface area (TPSA) is 85.5 Å². The van der Waals surface area contributed by atoms with Gasteiger partial charge in [0.1, 0.15) is 11.3 Å². The van der Waals surface area contributed by atoms with Crippen molar-refractivity contribution < 1.29 is 9.53 Å². The number of anilines is 1. The molecule has 3 heterocycles. The maximum atomic E-state index is 13.4. The van der Waals surface area contributed by atoms with Gasteiger partial charge in [-0.2, -0.15) is 5.10 Å². The lowest BCUT2D eigenvalue weighted by molar-refractivity contribution is 0.0742. The number of hydrogen-bond acceptors (Lipinski definition) is 6. The zero-order chi connectivity index (χ0) is 22.9. The summed E-state index contributed by atoms with van der Waals surface area (Å²) in [4.78, 5) is 34.7. The first kappa shape index (κ1) is 20.7. The highest BCUT2D eigenvalue weighted by molar-refractivity contribution is 6.03. The van der Waals surface area contributed by atoms with Crippen LogP contribution in [0.4, 0.5) is 5.69 Å². The number of benzene rings is 2. The molecule has 1 aliphatic heterocycles. The molecule has 0 bridgehead atoms. The van der Waals surface area contributed by atoms with Crippen LogP contribution in [0.15, 0.2) is 65.7 Å². The van der Waals surface area contributed by atoms with E-state index in [4.69, 9.17) is 4.74 Å². The molecule has 2 aromatic heterocycles. The molecule has 0 spiro atoms. The molecular weight excluding hydrogens is 420 g/mol. The quantitative estimate of drug-likeness (QED) is 0.479. The molecule has 33 heavy (non-hydrogen) atoms. The SMILES string of the molecule is COc1ccc(N2CCN(C(=O)c3nn(-c4ccccc4)c4c(=O)n(C)cnc34)CC2)cc1. The molecule has 0 unspecified atom stereocenters. The van der Waals surface area contributed by atoms with Crippen LogP contribution in [0, 0.1) is 0 Å². The molecule has 1 saturated heterocycles. The molecule has 9 nitrogen and oxygen atoms in total. The Kier molecular flexibility index (Phi) is 5.29. The minimum atomic E-state index is -0.250. The Bertz CT molecular complexity index is 1350. The van der Waals surface area contributed by atoms with Crippen molar-refractivity contribution in [1.82, 2.24) is 24.2 Å². The zero-order valence-electron chi connectivity index (χ0n) is 18.5.